The van der Waals surface area contributed by atoms with Crippen LogP contribution in [0.2, 0.25) is 0 Å². The van der Waals surface area contributed by atoms with Crippen molar-refractivity contribution in [2.45, 2.75) is 33.6 Å². The van der Waals surface area contributed by atoms with Crippen LogP contribution in [0.25, 0.3) is 5.69 Å². The van der Waals surface area contributed by atoms with E-state index in [1.807, 2.05) is 25.3 Å². The molecule has 1 amide bonds. The van der Waals surface area contributed by atoms with Gasteiger partial charge in [-0.1, -0.05) is 13.8 Å². The fraction of sp³-hybridized carbons (Fsp3) is 0.429. The molecule has 1 aliphatic rings. The van der Waals surface area contributed by atoms with Crippen molar-refractivity contribution in [3.8, 4) is 5.69 Å². The first-order valence-electron chi connectivity index (χ1n) is 9.14. The summed E-state index contributed by atoms with van der Waals surface area (Å²) in [6.45, 7) is 7.29. The minimum absolute atomic E-state index is 0.0701. The predicted octanol–water partition coefficient (Wildman–Crippen LogP) is 3.10. The Morgan fingerprint density at radius 1 is 1.33 bits per heavy atom. The highest BCUT2D eigenvalue weighted by molar-refractivity contribution is 6.01. The number of fused-ring (bicyclic) bond motifs is 1. The molecular weight excluding hydrogens is 342 g/mol. The van der Waals surface area contributed by atoms with Crippen LogP contribution in [0.3, 0.4) is 0 Å². The van der Waals surface area contributed by atoms with E-state index in [-0.39, 0.29) is 11.2 Å². The van der Waals surface area contributed by atoms with Gasteiger partial charge in [-0.25, -0.2) is 0 Å². The van der Waals surface area contributed by atoms with Crippen LogP contribution < -0.4 is 11.1 Å². The van der Waals surface area contributed by atoms with Crippen LogP contribution in [-0.4, -0.2) is 36.5 Å². The summed E-state index contributed by atoms with van der Waals surface area (Å²) >= 11 is 0. The number of nitrogens with zero attached hydrogens (tertiary/aromatic N) is 1. The fourth-order valence-corrected chi connectivity index (χ4v) is 3.84. The number of Topliss-reactive ketones (excluding diaryl/α,β-unsaturated/α-hetero) is 1. The van der Waals surface area contributed by atoms with Crippen molar-refractivity contribution < 1.29 is 14.3 Å². The smallest absolute Gasteiger partial charge is 0.250 e. The predicted molar refractivity (Wildman–Crippen MR) is 106 cm³/mol. The maximum Gasteiger partial charge on any atom is 0.250 e. The van der Waals surface area contributed by atoms with E-state index in [0.29, 0.717) is 30.8 Å². The van der Waals surface area contributed by atoms with Gasteiger partial charge in [0.1, 0.15) is 0 Å². The Morgan fingerprint density at radius 3 is 2.74 bits per heavy atom. The highest BCUT2D eigenvalue weighted by Crippen LogP contribution is 2.38. The lowest BCUT2D eigenvalue weighted by molar-refractivity contribution is 0.0909. The molecule has 6 heteroatoms. The van der Waals surface area contributed by atoms with Crippen LogP contribution in [-0.2, 0) is 11.2 Å². The van der Waals surface area contributed by atoms with Crippen LogP contribution in [0.5, 0.6) is 0 Å². The molecule has 0 saturated heterocycles. The molecule has 144 valence electrons. The number of anilines is 1. The molecule has 3 rings (SSSR count). The lowest BCUT2D eigenvalue weighted by Gasteiger charge is -2.30. The number of amides is 1. The van der Waals surface area contributed by atoms with Crippen LogP contribution in [0.4, 0.5) is 5.69 Å². The number of aryl methyl sites for hydroxylation is 1. The quantitative estimate of drug-likeness (QED) is 0.766. The number of ether oxygens (including phenoxy) is 1. The van der Waals surface area contributed by atoms with Crippen LogP contribution >= 0.6 is 0 Å². The highest BCUT2D eigenvalue weighted by Gasteiger charge is 2.34. The van der Waals surface area contributed by atoms with Gasteiger partial charge in [-0.05, 0) is 42.5 Å². The van der Waals surface area contributed by atoms with Gasteiger partial charge in [-0.2, -0.15) is 0 Å². The molecule has 0 atom stereocenters. The number of hydrogen-bond donors (Lipinski definition) is 2. The molecule has 1 aromatic carbocycles. The normalized spacial score (nSPS) is 15.5. The van der Waals surface area contributed by atoms with E-state index < -0.39 is 5.91 Å². The number of nitrogens with one attached hydrogen (secondary N) is 1. The number of methoxy groups -OCH3 is 1. The molecule has 1 heterocycles. The lowest BCUT2D eigenvalue weighted by Crippen LogP contribution is -2.28. The molecule has 0 unspecified atom stereocenters. The molecule has 0 radical (unpaired) electrons. The van der Waals surface area contributed by atoms with Crippen molar-refractivity contribution in [3.05, 3.63) is 46.8 Å². The molecule has 1 aromatic heterocycles. The number of ketones is 1. The Bertz CT molecular complexity index is 896. The summed E-state index contributed by atoms with van der Waals surface area (Å²) in [5, 5.41) is 3.21. The first-order chi connectivity index (χ1) is 12.7. The molecule has 0 fully saturated rings. The van der Waals surface area contributed by atoms with E-state index in [1.165, 1.54) is 0 Å². The van der Waals surface area contributed by atoms with Crippen molar-refractivity contribution in [1.29, 1.82) is 0 Å². The van der Waals surface area contributed by atoms with Gasteiger partial charge in [0.05, 0.1) is 12.2 Å². The largest absolute Gasteiger partial charge is 0.383 e. The summed E-state index contributed by atoms with van der Waals surface area (Å²) < 4.78 is 7.14. The Hall–Kier alpha value is -2.60. The standard InChI is InChI=1S/C21H27N3O3/c1-13-12-24(17-10-21(2,3)11-18(25)19(13)17)14-5-6-15(20(22)26)16(9-14)23-7-8-27-4/h5-6,9,12,23H,7-8,10-11H2,1-4H3,(H2,22,26). The molecule has 1 aliphatic carbocycles. The van der Waals surface area contributed by atoms with Crippen molar-refractivity contribution in [1.82, 2.24) is 4.57 Å². The second-order valence-corrected chi connectivity index (χ2v) is 7.96. The van der Waals surface area contributed by atoms with Gasteiger partial charge in [0.25, 0.3) is 5.91 Å². The second kappa shape index (κ2) is 7.19. The number of benzene rings is 1. The van der Waals surface area contributed by atoms with Gasteiger partial charge < -0.3 is 20.4 Å². The number of rotatable bonds is 6. The minimum Gasteiger partial charge on any atom is -0.383 e. The third-order valence-corrected chi connectivity index (χ3v) is 5.03. The SMILES string of the molecule is COCCNc1cc(-n2cc(C)c3c2CC(C)(C)CC3=O)ccc1C(N)=O. The van der Waals surface area contributed by atoms with E-state index >= 15 is 0 Å². The molecular formula is C21H27N3O3. The topological polar surface area (TPSA) is 86.3 Å². The summed E-state index contributed by atoms with van der Waals surface area (Å²) in [6, 6.07) is 5.50. The van der Waals surface area contributed by atoms with Gasteiger partial charge in [0.2, 0.25) is 0 Å². The molecule has 6 nitrogen and oxygen atoms in total. The number of nitrogens with two attached hydrogens (primary N) is 1. The maximum atomic E-state index is 12.7. The van der Waals surface area contributed by atoms with Gasteiger partial charge in [-0.3, -0.25) is 9.59 Å². The second-order valence-electron chi connectivity index (χ2n) is 7.96. The Labute approximate surface area is 159 Å². The van der Waals surface area contributed by atoms with E-state index in [9.17, 15) is 9.59 Å². The van der Waals surface area contributed by atoms with Crippen molar-refractivity contribution in [3.63, 3.8) is 0 Å². The monoisotopic (exact) mass is 369 g/mol. The molecule has 0 aliphatic heterocycles. The van der Waals surface area contributed by atoms with E-state index in [1.54, 1.807) is 13.2 Å². The molecule has 2 aromatic rings. The third-order valence-electron chi connectivity index (χ3n) is 5.03. The molecule has 0 bridgehead atoms. The van der Waals surface area contributed by atoms with Crippen molar-refractivity contribution in [2.75, 3.05) is 25.6 Å². The highest BCUT2D eigenvalue weighted by atomic mass is 16.5. The molecule has 3 N–H and O–H groups in total. The molecule has 0 saturated carbocycles. The number of carbonyl (C=O) groups is 2. The molecule has 0 spiro atoms. The average Bonchev–Trinajstić information content (AvgIpc) is 2.90. The summed E-state index contributed by atoms with van der Waals surface area (Å²) in [5.41, 5.74) is 10.3. The zero-order valence-corrected chi connectivity index (χ0v) is 16.4. The third kappa shape index (κ3) is 3.76. The zero-order valence-electron chi connectivity index (χ0n) is 16.4. The van der Waals surface area contributed by atoms with E-state index in [2.05, 4.69) is 23.7 Å². The minimum atomic E-state index is -0.483. The van der Waals surface area contributed by atoms with Gasteiger partial charge in [-0.15, -0.1) is 0 Å². The Kier molecular flexibility index (Phi) is 5.11. The summed E-state index contributed by atoms with van der Waals surface area (Å²) in [7, 11) is 1.63. The first kappa shape index (κ1) is 19.2. The average molecular weight is 369 g/mol. The van der Waals surface area contributed by atoms with Crippen molar-refractivity contribution >= 4 is 17.4 Å². The molecule has 27 heavy (non-hydrogen) atoms. The van der Waals surface area contributed by atoms with Gasteiger partial charge in [0, 0.05) is 48.9 Å². The van der Waals surface area contributed by atoms with Crippen LogP contribution in [0.15, 0.2) is 24.4 Å². The number of aromatic nitrogens is 1. The van der Waals surface area contributed by atoms with E-state index in [4.69, 9.17) is 10.5 Å². The maximum absolute atomic E-state index is 12.7. The van der Waals surface area contributed by atoms with Gasteiger partial charge >= 0.3 is 0 Å². The van der Waals surface area contributed by atoms with E-state index in [0.717, 1.165) is 28.9 Å². The Balaban J connectivity index is 2.07. The van der Waals surface area contributed by atoms with Crippen LogP contribution in [0.1, 0.15) is 52.2 Å². The summed E-state index contributed by atoms with van der Waals surface area (Å²) in [6.07, 6.45) is 3.39. The zero-order chi connectivity index (χ0) is 19.8. The lowest BCUT2D eigenvalue weighted by atomic mass is 9.75. The fourth-order valence-electron chi connectivity index (χ4n) is 3.84. The number of hydrogen-bond acceptors (Lipinski definition) is 4. The summed E-state index contributed by atoms with van der Waals surface area (Å²) in [5.74, 6) is -0.284. The van der Waals surface area contributed by atoms with Gasteiger partial charge in [0.15, 0.2) is 5.78 Å². The van der Waals surface area contributed by atoms with Crippen molar-refractivity contribution in [2.24, 2.45) is 11.1 Å². The first-order valence-corrected chi connectivity index (χ1v) is 9.14. The number of primary amides is 1. The Morgan fingerprint density at radius 2 is 2.07 bits per heavy atom. The van der Waals surface area contributed by atoms with Crippen LogP contribution in [0, 0.1) is 12.3 Å². The summed E-state index contributed by atoms with van der Waals surface area (Å²) in [4.78, 5) is 24.4. The number of carbonyl (C=O) groups excluding carboxylic acids is 2.